The Bertz CT molecular complexity index is 1270. The van der Waals surface area contributed by atoms with Gasteiger partial charge in [0.05, 0.1) is 18.8 Å². The lowest BCUT2D eigenvalue weighted by molar-refractivity contribution is -0.268. The minimum atomic E-state index is -0.580. The molecule has 3 aromatic rings. The second kappa shape index (κ2) is 15.4. The largest absolute Gasteiger partial charge is 0.392 e. The van der Waals surface area contributed by atoms with Crippen LogP contribution in [0.2, 0.25) is 0 Å². The zero-order valence-corrected chi connectivity index (χ0v) is 25.3. The second-order valence-corrected chi connectivity index (χ2v) is 12.6. The summed E-state index contributed by atoms with van der Waals surface area (Å²) in [7, 11) is 0. The highest BCUT2D eigenvalue weighted by molar-refractivity contribution is 8.01. The molecule has 41 heavy (non-hydrogen) atoms. The van der Waals surface area contributed by atoms with Crippen molar-refractivity contribution in [3.05, 3.63) is 70.2 Å². The number of anilines is 1. The highest BCUT2D eigenvalue weighted by atomic mass is 32.2. The molecule has 4 rings (SSSR count). The number of aromatic nitrogens is 2. The Morgan fingerprint density at radius 2 is 1.73 bits per heavy atom. The number of nitrogens with zero attached hydrogens (tertiary/aromatic N) is 2. The van der Waals surface area contributed by atoms with Crippen LogP contribution in [0.1, 0.15) is 73.6 Å². The predicted octanol–water partition coefficient (Wildman–Crippen LogP) is 5.56. The van der Waals surface area contributed by atoms with Crippen LogP contribution in [-0.4, -0.2) is 45.5 Å². The third kappa shape index (κ3) is 9.34. The molecule has 0 bridgehead atoms. The Balaban J connectivity index is 1.39. The van der Waals surface area contributed by atoms with Crippen molar-refractivity contribution in [2.75, 3.05) is 17.6 Å². The summed E-state index contributed by atoms with van der Waals surface area (Å²) >= 11 is 3.21. The second-order valence-electron chi connectivity index (χ2n) is 10.2. The number of carbonyl (C=O) groups is 2. The van der Waals surface area contributed by atoms with Gasteiger partial charge in [0.25, 0.3) is 0 Å². The Morgan fingerprint density at radius 3 is 2.39 bits per heavy atom. The lowest BCUT2D eigenvalue weighted by Gasteiger charge is -2.41. The summed E-state index contributed by atoms with van der Waals surface area (Å²) in [6.45, 7) is 6.21. The van der Waals surface area contributed by atoms with E-state index in [1.165, 1.54) is 6.92 Å². The van der Waals surface area contributed by atoms with E-state index in [9.17, 15) is 14.7 Å². The van der Waals surface area contributed by atoms with Crippen molar-refractivity contribution in [1.82, 2.24) is 15.5 Å². The molecule has 1 aliphatic heterocycles. The molecular weight excluding hydrogens is 560 g/mol. The van der Waals surface area contributed by atoms with E-state index in [-0.39, 0.29) is 36.5 Å². The number of thioether (sulfide) groups is 1. The third-order valence-corrected chi connectivity index (χ3v) is 8.98. The van der Waals surface area contributed by atoms with E-state index >= 15 is 0 Å². The maximum Gasteiger partial charge on any atom is 0.224 e. The number of aliphatic hydroxyl groups excluding tert-OH is 1. The van der Waals surface area contributed by atoms with Crippen molar-refractivity contribution >= 4 is 40.6 Å². The van der Waals surface area contributed by atoms with E-state index in [1.54, 1.807) is 23.1 Å². The number of amides is 2. The number of aryl methyl sites for hydroxylation is 1. The third-order valence-electron chi connectivity index (χ3n) is 6.92. The van der Waals surface area contributed by atoms with Crippen molar-refractivity contribution in [3.63, 3.8) is 0 Å². The van der Waals surface area contributed by atoms with Crippen LogP contribution in [0.4, 0.5) is 5.69 Å². The fraction of sp³-hybridized carbons (Fsp3) is 0.467. The standard InChI is InChI=1S/C30H38N4O5S2/c1-19-26(18-40-30-34-33-21(3)41-30)38-29(39-28(19)23-10-8-22(17-35)9-11-23)24-12-14-25(15-13-24)32-27(37)7-5-4-6-16-31-20(2)36/h8-15,19,26,28-29,35H,4-7,16-18H2,1-3H3,(H,31,36)(H,32,37)/t19-,26+,28+,29+/m0/s1. The Hall–Kier alpha value is -2.83. The topological polar surface area (TPSA) is 123 Å². The summed E-state index contributed by atoms with van der Waals surface area (Å²) in [6.07, 6.45) is 2.05. The average molecular weight is 599 g/mol. The van der Waals surface area contributed by atoms with Crippen LogP contribution in [0.3, 0.4) is 0 Å². The van der Waals surface area contributed by atoms with Crippen LogP contribution in [0.25, 0.3) is 0 Å². The number of aliphatic hydroxyl groups is 1. The first kappa shape index (κ1) is 31.1. The van der Waals surface area contributed by atoms with Gasteiger partial charge < -0.3 is 25.2 Å². The smallest absolute Gasteiger partial charge is 0.224 e. The van der Waals surface area contributed by atoms with Gasteiger partial charge in [0, 0.05) is 42.8 Å². The molecule has 2 heterocycles. The fourth-order valence-corrected chi connectivity index (χ4v) is 6.60. The number of ether oxygens (including phenoxy) is 2. The number of hydrogen-bond acceptors (Lipinski definition) is 9. The predicted molar refractivity (Wildman–Crippen MR) is 161 cm³/mol. The number of nitrogens with one attached hydrogen (secondary N) is 2. The zero-order valence-electron chi connectivity index (χ0n) is 23.7. The number of unbranched alkanes of at least 4 members (excludes halogenated alkanes) is 2. The van der Waals surface area contributed by atoms with Crippen LogP contribution >= 0.6 is 23.1 Å². The lowest BCUT2D eigenvalue weighted by Crippen LogP contribution is -2.38. The van der Waals surface area contributed by atoms with Crippen molar-refractivity contribution in [1.29, 1.82) is 0 Å². The van der Waals surface area contributed by atoms with Gasteiger partial charge in [0.2, 0.25) is 11.8 Å². The first-order valence-electron chi connectivity index (χ1n) is 13.9. The summed E-state index contributed by atoms with van der Waals surface area (Å²) in [5.41, 5.74) is 3.47. The minimum Gasteiger partial charge on any atom is -0.392 e. The number of carbonyl (C=O) groups excluding carboxylic acids is 2. The molecule has 0 saturated carbocycles. The van der Waals surface area contributed by atoms with E-state index in [4.69, 9.17) is 9.47 Å². The Labute approximate surface area is 249 Å². The Kier molecular flexibility index (Phi) is 11.7. The van der Waals surface area contributed by atoms with Gasteiger partial charge in [0.15, 0.2) is 10.6 Å². The van der Waals surface area contributed by atoms with Gasteiger partial charge in [-0.1, -0.05) is 72.8 Å². The molecule has 3 N–H and O–H groups in total. The average Bonchev–Trinajstić information content (AvgIpc) is 3.39. The summed E-state index contributed by atoms with van der Waals surface area (Å²) < 4.78 is 13.9. The van der Waals surface area contributed by atoms with E-state index in [1.807, 2.05) is 55.5 Å². The van der Waals surface area contributed by atoms with Crippen molar-refractivity contribution in [3.8, 4) is 0 Å². The molecule has 1 saturated heterocycles. The minimum absolute atomic E-state index is 0.00485. The van der Waals surface area contributed by atoms with Gasteiger partial charge in [-0.3, -0.25) is 9.59 Å². The molecule has 1 fully saturated rings. The van der Waals surface area contributed by atoms with E-state index in [0.717, 1.165) is 51.0 Å². The number of benzene rings is 2. The first-order chi connectivity index (χ1) is 19.8. The van der Waals surface area contributed by atoms with Crippen molar-refractivity contribution in [2.24, 2.45) is 5.92 Å². The van der Waals surface area contributed by atoms with Crippen LogP contribution in [0, 0.1) is 12.8 Å². The van der Waals surface area contributed by atoms with Crippen LogP contribution < -0.4 is 10.6 Å². The molecule has 2 amide bonds. The van der Waals surface area contributed by atoms with Crippen molar-refractivity contribution < 1.29 is 24.2 Å². The molecule has 9 nitrogen and oxygen atoms in total. The number of rotatable bonds is 13. The zero-order chi connectivity index (χ0) is 29.2. The van der Waals surface area contributed by atoms with E-state index in [2.05, 4.69) is 27.8 Å². The monoisotopic (exact) mass is 598 g/mol. The summed E-state index contributed by atoms with van der Waals surface area (Å²) in [5, 5.41) is 24.5. The lowest BCUT2D eigenvalue weighted by atomic mass is 9.91. The molecular formula is C30H38N4O5S2. The molecule has 0 aliphatic carbocycles. The van der Waals surface area contributed by atoms with Crippen LogP contribution in [0.15, 0.2) is 52.9 Å². The summed E-state index contributed by atoms with van der Waals surface area (Å²) in [5.74, 6) is 0.714. The Morgan fingerprint density at radius 1 is 1.00 bits per heavy atom. The van der Waals surface area contributed by atoms with Gasteiger partial charge in [-0.05, 0) is 43.0 Å². The van der Waals surface area contributed by atoms with Crippen LogP contribution in [0.5, 0.6) is 0 Å². The van der Waals surface area contributed by atoms with Gasteiger partial charge in [-0.2, -0.15) is 0 Å². The molecule has 11 heteroatoms. The maximum atomic E-state index is 12.4. The summed E-state index contributed by atoms with van der Waals surface area (Å²) in [4.78, 5) is 23.3. The molecule has 0 radical (unpaired) electrons. The molecule has 0 spiro atoms. The summed E-state index contributed by atoms with van der Waals surface area (Å²) in [6, 6.07) is 15.4. The SMILES string of the molecule is CC(=O)NCCCCCC(=O)Nc1ccc([C@@H]2O[C@H](CSc3nnc(C)s3)[C@H](C)[C@H](c3ccc(CO)cc3)O2)cc1. The fourth-order valence-electron chi connectivity index (χ4n) is 4.60. The van der Waals surface area contributed by atoms with Gasteiger partial charge in [-0.25, -0.2) is 0 Å². The number of hydrogen-bond donors (Lipinski definition) is 3. The maximum absolute atomic E-state index is 12.4. The molecule has 220 valence electrons. The van der Waals surface area contributed by atoms with Crippen LogP contribution in [-0.2, 0) is 25.7 Å². The molecule has 1 aromatic heterocycles. The molecule has 0 unspecified atom stereocenters. The highest BCUT2D eigenvalue weighted by Gasteiger charge is 2.38. The normalized spacial score (nSPS) is 20.5. The van der Waals surface area contributed by atoms with Gasteiger partial charge in [0.1, 0.15) is 5.01 Å². The highest BCUT2D eigenvalue weighted by Crippen LogP contribution is 2.43. The molecule has 4 atom stereocenters. The van der Waals surface area contributed by atoms with Crippen molar-refractivity contribution in [2.45, 2.75) is 75.9 Å². The van der Waals surface area contributed by atoms with Gasteiger partial charge >= 0.3 is 0 Å². The first-order valence-corrected chi connectivity index (χ1v) is 15.7. The van der Waals surface area contributed by atoms with E-state index < -0.39 is 6.29 Å². The molecule has 1 aliphatic rings. The molecule has 2 aromatic carbocycles. The van der Waals surface area contributed by atoms with Gasteiger partial charge in [-0.15, -0.1) is 10.2 Å². The van der Waals surface area contributed by atoms with E-state index in [0.29, 0.717) is 18.7 Å². The quantitative estimate of drug-likeness (QED) is 0.173.